The first-order chi connectivity index (χ1) is 11.8. The van der Waals surface area contributed by atoms with Crippen molar-refractivity contribution in [1.82, 2.24) is 9.55 Å². The van der Waals surface area contributed by atoms with Gasteiger partial charge in [-0.1, -0.05) is 43.2 Å². The minimum absolute atomic E-state index is 0.0224. The highest BCUT2D eigenvalue weighted by Gasteiger charge is 2.22. The number of benzene rings is 2. The maximum atomic E-state index is 9.69. The molecule has 0 amide bonds. The predicted molar refractivity (Wildman–Crippen MR) is 93.9 cm³/mol. The number of imidazole rings is 1. The Balaban J connectivity index is 1.64. The molecule has 124 valence electrons. The van der Waals surface area contributed by atoms with Crippen LogP contribution in [0.2, 0.25) is 0 Å². The van der Waals surface area contributed by atoms with Crippen LogP contribution in [0.5, 0.6) is 5.75 Å². The quantitative estimate of drug-likeness (QED) is 0.765. The highest BCUT2D eigenvalue weighted by Crippen LogP contribution is 2.34. The van der Waals surface area contributed by atoms with Crippen molar-refractivity contribution in [1.29, 1.82) is 0 Å². The van der Waals surface area contributed by atoms with Crippen LogP contribution in [0.1, 0.15) is 43.1 Å². The van der Waals surface area contributed by atoms with E-state index in [0.29, 0.717) is 12.6 Å². The number of aromatic nitrogens is 2. The van der Waals surface area contributed by atoms with Gasteiger partial charge < -0.3 is 14.4 Å². The number of hydrogen-bond acceptors (Lipinski definition) is 3. The lowest BCUT2D eigenvalue weighted by Gasteiger charge is -2.16. The van der Waals surface area contributed by atoms with E-state index in [-0.39, 0.29) is 6.61 Å². The second-order valence-corrected chi connectivity index (χ2v) is 6.42. The molecule has 0 saturated heterocycles. The van der Waals surface area contributed by atoms with Gasteiger partial charge in [-0.15, -0.1) is 0 Å². The zero-order valence-corrected chi connectivity index (χ0v) is 13.7. The smallest absolute Gasteiger partial charge is 0.135 e. The third-order valence-corrected chi connectivity index (χ3v) is 4.81. The number of nitrogens with zero attached hydrogens (tertiary/aromatic N) is 2. The average Bonchev–Trinajstić information content (AvgIpc) is 3.27. The SMILES string of the molecule is OCc1nc2ccc(OCc3ccccc3)cc2n1C1CCCC1. The predicted octanol–water partition coefficient (Wildman–Crippen LogP) is 4.22. The van der Waals surface area contributed by atoms with Crippen molar-refractivity contribution < 1.29 is 9.84 Å². The zero-order valence-electron chi connectivity index (χ0n) is 13.7. The molecule has 0 bridgehead atoms. The molecule has 1 aliphatic rings. The maximum absolute atomic E-state index is 9.69. The van der Waals surface area contributed by atoms with Gasteiger partial charge >= 0.3 is 0 Å². The molecular formula is C20H22N2O2. The summed E-state index contributed by atoms with van der Waals surface area (Å²) in [5, 5.41) is 9.69. The van der Waals surface area contributed by atoms with Crippen LogP contribution in [0.15, 0.2) is 48.5 Å². The lowest BCUT2D eigenvalue weighted by atomic mass is 10.2. The Labute approximate surface area is 141 Å². The molecule has 4 rings (SSSR count). The van der Waals surface area contributed by atoms with Gasteiger partial charge in [-0.3, -0.25) is 0 Å². The van der Waals surface area contributed by atoms with Crippen LogP contribution < -0.4 is 4.74 Å². The lowest BCUT2D eigenvalue weighted by molar-refractivity contribution is 0.261. The molecule has 1 aromatic heterocycles. The van der Waals surface area contributed by atoms with Gasteiger partial charge in [0.25, 0.3) is 0 Å². The Bertz CT molecular complexity index is 820. The fourth-order valence-corrected chi connectivity index (χ4v) is 3.63. The van der Waals surface area contributed by atoms with E-state index in [1.165, 1.54) is 12.8 Å². The van der Waals surface area contributed by atoms with Crippen molar-refractivity contribution in [3.05, 3.63) is 59.9 Å². The van der Waals surface area contributed by atoms with E-state index in [1.54, 1.807) is 0 Å². The van der Waals surface area contributed by atoms with Gasteiger partial charge in [0.05, 0.1) is 11.0 Å². The largest absolute Gasteiger partial charge is 0.489 e. The summed E-state index contributed by atoms with van der Waals surface area (Å²) in [6, 6.07) is 16.6. The number of rotatable bonds is 5. The summed E-state index contributed by atoms with van der Waals surface area (Å²) in [6.07, 6.45) is 4.82. The van der Waals surface area contributed by atoms with Crippen LogP contribution in [-0.2, 0) is 13.2 Å². The minimum Gasteiger partial charge on any atom is -0.489 e. The molecule has 1 saturated carbocycles. The fraction of sp³-hybridized carbons (Fsp3) is 0.350. The molecule has 0 spiro atoms. The zero-order chi connectivity index (χ0) is 16.4. The Morgan fingerprint density at radius 3 is 2.62 bits per heavy atom. The molecule has 1 N–H and O–H groups in total. The van der Waals surface area contributed by atoms with Gasteiger partial charge in [-0.05, 0) is 30.5 Å². The van der Waals surface area contributed by atoms with E-state index in [4.69, 9.17) is 4.74 Å². The normalized spacial score (nSPS) is 15.2. The van der Waals surface area contributed by atoms with Crippen molar-refractivity contribution in [2.75, 3.05) is 0 Å². The fourth-order valence-electron chi connectivity index (χ4n) is 3.63. The van der Waals surface area contributed by atoms with Crippen LogP contribution in [-0.4, -0.2) is 14.7 Å². The number of aliphatic hydroxyl groups excluding tert-OH is 1. The Morgan fingerprint density at radius 2 is 1.88 bits per heavy atom. The molecule has 4 heteroatoms. The van der Waals surface area contributed by atoms with Crippen molar-refractivity contribution in [3.8, 4) is 5.75 Å². The molecule has 3 aromatic rings. The van der Waals surface area contributed by atoms with Gasteiger partial charge in [-0.2, -0.15) is 0 Å². The van der Waals surface area contributed by atoms with Gasteiger partial charge in [0, 0.05) is 12.1 Å². The summed E-state index contributed by atoms with van der Waals surface area (Å²) < 4.78 is 8.18. The summed E-state index contributed by atoms with van der Waals surface area (Å²) in [5.41, 5.74) is 3.15. The number of aliphatic hydroxyl groups is 1. The van der Waals surface area contributed by atoms with E-state index < -0.39 is 0 Å². The second-order valence-electron chi connectivity index (χ2n) is 6.42. The van der Waals surface area contributed by atoms with E-state index in [2.05, 4.69) is 27.8 Å². The second kappa shape index (κ2) is 6.65. The third kappa shape index (κ3) is 2.89. The van der Waals surface area contributed by atoms with Gasteiger partial charge in [-0.25, -0.2) is 4.98 Å². The molecule has 0 aliphatic heterocycles. The molecule has 0 radical (unpaired) electrons. The Kier molecular flexibility index (Phi) is 4.22. The Hall–Kier alpha value is -2.33. The summed E-state index contributed by atoms with van der Waals surface area (Å²) in [5.74, 6) is 1.60. The maximum Gasteiger partial charge on any atom is 0.135 e. The van der Waals surface area contributed by atoms with E-state index in [9.17, 15) is 5.11 Å². The van der Waals surface area contributed by atoms with Crippen LogP contribution >= 0.6 is 0 Å². The number of hydrogen-bond donors (Lipinski definition) is 1. The van der Waals surface area contributed by atoms with Crippen LogP contribution in [0.3, 0.4) is 0 Å². The monoisotopic (exact) mass is 322 g/mol. The third-order valence-electron chi connectivity index (χ3n) is 4.81. The first kappa shape index (κ1) is 15.2. The van der Waals surface area contributed by atoms with E-state index in [1.807, 2.05) is 30.3 Å². The summed E-state index contributed by atoms with van der Waals surface area (Å²) in [6.45, 7) is 0.530. The molecule has 2 aromatic carbocycles. The first-order valence-electron chi connectivity index (χ1n) is 8.63. The highest BCUT2D eigenvalue weighted by molar-refractivity contribution is 5.78. The first-order valence-corrected chi connectivity index (χ1v) is 8.63. The van der Waals surface area contributed by atoms with E-state index in [0.717, 1.165) is 41.0 Å². The van der Waals surface area contributed by atoms with Crippen molar-refractivity contribution in [2.45, 2.75) is 44.9 Å². The number of ether oxygens (including phenoxy) is 1. The molecule has 1 heterocycles. The minimum atomic E-state index is -0.0224. The summed E-state index contributed by atoms with van der Waals surface area (Å²) in [7, 11) is 0. The summed E-state index contributed by atoms with van der Waals surface area (Å²) >= 11 is 0. The van der Waals surface area contributed by atoms with Crippen molar-refractivity contribution in [3.63, 3.8) is 0 Å². The van der Waals surface area contributed by atoms with Gasteiger partial charge in [0.2, 0.25) is 0 Å². The van der Waals surface area contributed by atoms with Gasteiger partial charge in [0.15, 0.2) is 0 Å². The highest BCUT2D eigenvalue weighted by atomic mass is 16.5. The lowest BCUT2D eigenvalue weighted by Crippen LogP contribution is -2.09. The molecule has 24 heavy (non-hydrogen) atoms. The standard InChI is InChI=1S/C20H22N2O2/c23-13-20-21-18-11-10-17(24-14-15-6-2-1-3-7-15)12-19(18)22(20)16-8-4-5-9-16/h1-3,6-7,10-12,16,23H,4-5,8-9,13-14H2. The Morgan fingerprint density at radius 1 is 1.08 bits per heavy atom. The summed E-state index contributed by atoms with van der Waals surface area (Å²) in [4.78, 5) is 4.59. The average molecular weight is 322 g/mol. The molecule has 1 aliphatic carbocycles. The number of fused-ring (bicyclic) bond motifs is 1. The van der Waals surface area contributed by atoms with Gasteiger partial charge in [0.1, 0.15) is 24.8 Å². The van der Waals surface area contributed by atoms with Crippen LogP contribution in [0, 0.1) is 0 Å². The van der Waals surface area contributed by atoms with Crippen LogP contribution in [0.25, 0.3) is 11.0 Å². The van der Waals surface area contributed by atoms with Crippen molar-refractivity contribution in [2.24, 2.45) is 0 Å². The molecular weight excluding hydrogens is 300 g/mol. The molecule has 1 fully saturated rings. The molecule has 0 atom stereocenters. The molecule has 0 unspecified atom stereocenters. The molecule has 4 nitrogen and oxygen atoms in total. The van der Waals surface area contributed by atoms with Crippen molar-refractivity contribution >= 4 is 11.0 Å². The topological polar surface area (TPSA) is 47.3 Å². The van der Waals surface area contributed by atoms with E-state index >= 15 is 0 Å². The van der Waals surface area contributed by atoms with Crippen LogP contribution in [0.4, 0.5) is 0 Å².